The molecule has 1 atom stereocenters. The molecule has 2 aromatic rings. The van der Waals surface area contributed by atoms with Gasteiger partial charge in [-0.2, -0.15) is 0 Å². The fourth-order valence-corrected chi connectivity index (χ4v) is 4.40. The quantitative estimate of drug-likeness (QED) is 0.933. The molecule has 1 aliphatic rings. The lowest BCUT2D eigenvalue weighted by Gasteiger charge is -2.21. The van der Waals surface area contributed by atoms with E-state index in [4.69, 9.17) is 4.98 Å². The molecule has 0 aromatic carbocycles. The lowest BCUT2D eigenvalue weighted by atomic mass is 9.98. The van der Waals surface area contributed by atoms with Crippen LogP contribution in [0.2, 0.25) is 0 Å². The summed E-state index contributed by atoms with van der Waals surface area (Å²) in [7, 11) is 0. The molecule has 3 rings (SSSR count). The van der Waals surface area contributed by atoms with Gasteiger partial charge < -0.3 is 5.32 Å². The molecule has 1 aliphatic carbocycles. The maximum Gasteiger partial charge on any atom is 0.152 e. The van der Waals surface area contributed by atoms with Crippen molar-refractivity contribution in [3.05, 3.63) is 21.6 Å². The first-order valence-electron chi connectivity index (χ1n) is 6.43. The molecule has 18 heavy (non-hydrogen) atoms. The van der Waals surface area contributed by atoms with Crippen LogP contribution in [0.4, 0.5) is 0 Å². The summed E-state index contributed by atoms with van der Waals surface area (Å²) in [6, 6.07) is 0.449. The first-order chi connectivity index (χ1) is 8.78. The Hall–Kier alpha value is -0.780. The molecule has 1 N–H and O–H groups in total. The molecular weight excluding hydrogens is 262 g/mol. The highest BCUT2D eigenvalue weighted by Gasteiger charge is 2.24. The fourth-order valence-electron chi connectivity index (χ4n) is 2.41. The number of rotatable bonds is 3. The number of hydrogen-bond donors (Lipinski definition) is 1. The zero-order valence-electron chi connectivity index (χ0n) is 10.7. The van der Waals surface area contributed by atoms with Crippen LogP contribution in [0.25, 0.3) is 10.0 Å². The Labute approximate surface area is 115 Å². The van der Waals surface area contributed by atoms with Gasteiger partial charge in [-0.05, 0) is 32.7 Å². The summed E-state index contributed by atoms with van der Waals surface area (Å²) < 4.78 is 0. The van der Waals surface area contributed by atoms with Crippen molar-refractivity contribution in [2.24, 2.45) is 0 Å². The summed E-state index contributed by atoms with van der Waals surface area (Å²) >= 11 is 3.53. The summed E-state index contributed by atoms with van der Waals surface area (Å²) in [6.07, 6.45) is 3.66. The molecule has 0 fully saturated rings. The molecule has 0 bridgehead atoms. The van der Waals surface area contributed by atoms with E-state index < -0.39 is 0 Å². The van der Waals surface area contributed by atoms with Gasteiger partial charge in [0.1, 0.15) is 0 Å². The van der Waals surface area contributed by atoms with Crippen LogP contribution in [0, 0.1) is 6.92 Å². The van der Waals surface area contributed by atoms with E-state index in [-0.39, 0.29) is 0 Å². The maximum absolute atomic E-state index is 4.84. The third-order valence-electron chi connectivity index (χ3n) is 3.21. The van der Waals surface area contributed by atoms with Crippen molar-refractivity contribution in [2.75, 3.05) is 6.54 Å². The third kappa shape index (κ3) is 2.22. The van der Waals surface area contributed by atoms with Gasteiger partial charge in [0.2, 0.25) is 0 Å². The highest BCUT2D eigenvalue weighted by molar-refractivity contribution is 7.20. The van der Waals surface area contributed by atoms with Crippen molar-refractivity contribution in [2.45, 2.75) is 39.2 Å². The molecule has 0 saturated heterocycles. The van der Waals surface area contributed by atoms with Crippen LogP contribution in [0.5, 0.6) is 0 Å². The van der Waals surface area contributed by atoms with Crippen LogP contribution < -0.4 is 5.32 Å². The second-order valence-corrected chi connectivity index (χ2v) is 6.57. The average Bonchev–Trinajstić information content (AvgIpc) is 2.95. The minimum Gasteiger partial charge on any atom is -0.309 e. The van der Waals surface area contributed by atoms with E-state index in [1.807, 2.05) is 18.3 Å². The van der Waals surface area contributed by atoms with Crippen molar-refractivity contribution < 1.29 is 0 Å². The van der Waals surface area contributed by atoms with Crippen molar-refractivity contribution in [3.63, 3.8) is 0 Å². The third-order valence-corrected chi connectivity index (χ3v) is 5.44. The van der Waals surface area contributed by atoms with Crippen molar-refractivity contribution >= 4 is 22.7 Å². The van der Waals surface area contributed by atoms with E-state index in [1.54, 1.807) is 11.3 Å². The minimum absolute atomic E-state index is 0.449. The first-order valence-corrected chi connectivity index (χ1v) is 8.13. The standard InChI is InChI=1S/C13H17N3S2/c1-3-14-9-5-4-6-10-11(9)16-13(18-10)12-15-8(2)7-17-12/h7,9,14H,3-6H2,1-2H3. The molecule has 5 heteroatoms. The number of aryl methyl sites for hydroxylation is 2. The second kappa shape index (κ2) is 5.07. The smallest absolute Gasteiger partial charge is 0.152 e. The summed E-state index contributed by atoms with van der Waals surface area (Å²) in [4.78, 5) is 10.8. The number of fused-ring (bicyclic) bond motifs is 1. The SMILES string of the molecule is CCNC1CCCc2sc(-c3nc(C)cs3)nc21. The van der Waals surface area contributed by atoms with E-state index in [9.17, 15) is 0 Å². The van der Waals surface area contributed by atoms with E-state index in [2.05, 4.69) is 22.6 Å². The van der Waals surface area contributed by atoms with Crippen molar-refractivity contribution in [3.8, 4) is 10.0 Å². The van der Waals surface area contributed by atoms with Crippen LogP contribution in [0.3, 0.4) is 0 Å². The number of hydrogen-bond acceptors (Lipinski definition) is 5. The molecule has 0 aliphatic heterocycles. The lowest BCUT2D eigenvalue weighted by Crippen LogP contribution is -2.24. The molecule has 96 valence electrons. The Bertz CT molecular complexity index is 544. The van der Waals surface area contributed by atoms with Gasteiger partial charge in [0, 0.05) is 16.0 Å². The number of aromatic nitrogens is 2. The monoisotopic (exact) mass is 279 g/mol. The largest absolute Gasteiger partial charge is 0.309 e. The Morgan fingerprint density at radius 1 is 1.39 bits per heavy atom. The molecule has 0 spiro atoms. The summed E-state index contributed by atoms with van der Waals surface area (Å²) in [5.74, 6) is 0. The summed E-state index contributed by atoms with van der Waals surface area (Å²) in [6.45, 7) is 5.20. The normalized spacial score (nSPS) is 18.9. The van der Waals surface area contributed by atoms with Gasteiger partial charge >= 0.3 is 0 Å². The Kier molecular flexibility index (Phi) is 3.46. The van der Waals surface area contributed by atoms with E-state index >= 15 is 0 Å². The Balaban J connectivity index is 1.95. The topological polar surface area (TPSA) is 37.8 Å². The van der Waals surface area contributed by atoms with Gasteiger partial charge in [-0.1, -0.05) is 6.92 Å². The highest BCUT2D eigenvalue weighted by Crippen LogP contribution is 2.37. The molecule has 0 amide bonds. The Morgan fingerprint density at radius 3 is 3.00 bits per heavy atom. The fraction of sp³-hybridized carbons (Fsp3) is 0.538. The number of thiazole rings is 2. The van der Waals surface area contributed by atoms with Crippen molar-refractivity contribution in [1.82, 2.24) is 15.3 Å². The predicted octanol–water partition coefficient (Wildman–Crippen LogP) is 3.56. The molecule has 2 heterocycles. The predicted molar refractivity (Wildman–Crippen MR) is 77.3 cm³/mol. The van der Waals surface area contributed by atoms with Crippen LogP contribution in [-0.4, -0.2) is 16.5 Å². The van der Waals surface area contributed by atoms with E-state index in [0.717, 1.165) is 22.3 Å². The van der Waals surface area contributed by atoms with Crippen molar-refractivity contribution in [1.29, 1.82) is 0 Å². The average molecular weight is 279 g/mol. The van der Waals surface area contributed by atoms with Gasteiger partial charge in [0.25, 0.3) is 0 Å². The molecule has 1 unspecified atom stereocenters. The van der Waals surface area contributed by atoms with Gasteiger partial charge in [0.05, 0.1) is 11.7 Å². The molecule has 0 radical (unpaired) electrons. The Morgan fingerprint density at radius 2 is 2.28 bits per heavy atom. The van der Waals surface area contributed by atoms with Crippen LogP contribution in [-0.2, 0) is 6.42 Å². The number of nitrogens with one attached hydrogen (secondary N) is 1. The lowest BCUT2D eigenvalue weighted by molar-refractivity contribution is 0.465. The summed E-state index contributed by atoms with van der Waals surface area (Å²) in [5, 5.41) is 7.80. The zero-order chi connectivity index (χ0) is 12.5. The van der Waals surface area contributed by atoms with Gasteiger partial charge in [0.15, 0.2) is 10.0 Å². The number of nitrogens with zero attached hydrogens (tertiary/aromatic N) is 2. The maximum atomic E-state index is 4.84. The van der Waals surface area contributed by atoms with Crippen LogP contribution in [0.15, 0.2) is 5.38 Å². The minimum atomic E-state index is 0.449. The van der Waals surface area contributed by atoms with Gasteiger partial charge in [-0.15, -0.1) is 22.7 Å². The summed E-state index contributed by atoms with van der Waals surface area (Å²) in [5.41, 5.74) is 2.36. The molecule has 2 aromatic heterocycles. The molecule has 3 nitrogen and oxygen atoms in total. The molecule has 0 saturated carbocycles. The second-order valence-electron chi connectivity index (χ2n) is 4.62. The highest BCUT2D eigenvalue weighted by atomic mass is 32.1. The zero-order valence-corrected chi connectivity index (χ0v) is 12.3. The van der Waals surface area contributed by atoms with Gasteiger partial charge in [-0.3, -0.25) is 0 Å². The van der Waals surface area contributed by atoms with Crippen LogP contribution in [0.1, 0.15) is 42.1 Å². The van der Waals surface area contributed by atoms with E-state index in [1.165, 1.54) is 29.8 Å². The first kappa shape index (κ1) is 12.3. The van der Waals surface area contributed by atoms with Crippen LogP contribution >= 0.6 is 22.7 Å². The molecular formula is C13H17N3S2. The van der Waals surface area contributed by atoms with E-state index in [0.29, 0.717) is 6.04 Å². The van der Waals surface area contributed by atoms with Gasteiger partial charge in [-0.25, -0.2) is 9.97 Å².